The van der Waals surface area contributed by atoms with E-state index in [0.29, 0.717) is 6.42 Å². The van der Waals surface area contributed by atoms with Crippen molar-refractivity contribution in [3.63, 3.8) is 0 Å². The van der Waals surface area contributed by atoms with Gasteiger partial charge in [0.1, 0.15) is 0 Å². The molecule has 0 unspecified atom stereocenters. The van der Waals surface area contributed by atoms with Crippen molar-refractivity contribution in [2.45, 2.75) is 64.2 Å². The van der Waals surface area contributed by atoms with E-state index in [1.165, 1.54) is 7.11 Å². The molecule has 0 aliphatic carbocycles. The predicted molar refractivity (Wildman–Crippen MR) is 87.5 cm³/mol. The van der Waals surface area contributed by atoms with Crippen LogP contribution in [-0.2, 0) is 23.9 Å². The van der Waals surface area contributed by atoms with Gasteiger partial charge >= 0.3 is 41.0 Å². The monoisotopic (exact) mass is 324 g/mol. The predicted octanol–water partition coefficient (Wildman–Crippen LogP) is 3.16. The average Bonchev–Trinajstić information content (AvgIpc) is 2.48. The number of carbonyl (C=O) groups is 3. The van der Waals surface area contributed by atoms with Crippen molar-refractivity contribution < 1.29 is 26.7 Å². The molecule has 0 radical (unpaired) electrons. The van der Waals surface area contributed by atoms with Crippen LogP contribution in [0, 0.1) is 0 Å². The standard InChI is InChI=1S/C16H26O5.Mg.2H/c1-3-14(17)21-16(19)13-11-9-7-5-4-6-8-10-12-15(18)20-2;;;/h3H,1,4-13H2,2H3;;;/q;+2;2*-1. The van der Waals surface area contributed by atoms with Gasteiger partial charge in [-0.15, -0.1) is 0 Å². The zero-order chi connectivity index (χ0) is 15.9. The number of carbonyl (C=O) groups excluding carboxylic acids is 3. The fraction of sp³-hybridized carbons (Fsp3) is 0.688. The van der Waals surface area contributed by atoms with Crippen LogP contribution >= 0.6 is 0 Å². The summed E-state index contributed by atoms with van der Waals surface area (Å²) in [5.41, 5.74) is 0. The summed E-state index contributed by atoms with van der Waals surface area (Å²) in [4.78, 5) is 32.8. The van der Waals surface area contributed by atoms with Gasteiger partial charge in [0.25, 0.3) is 0 Å². The molecule has 0 heterocycles. The molecule has 124 valence electrons. The first-order chi connectivity index (χ1) is 10.1. The molecule has 0 amide bonds. The van der Waals surface area contributed by atoms with Crippen molar-refractivity contribution in [3.8, 4) is 0 Å². The van der Waals surface area contributed by atoms with Crippen molar-refractivity contribution in [2.24, 2.45) is 0 Å². The van der Waals surface area contributed by atoms with Crippen molar-refractivity contribution in [2.75, 3.05) is 7.11 Å². The Morgan fingerprint density at radius 3 is 1.68 bits per heavy atom. The van der Waals surface area contributed by atoms with Crippen molar-refractivity contribution in [1.29, 1.82) is 0 Å². The van der Waals surface area contributed by atoms with Gasteiger partial charge in [-0.2, -0.15) is 0 Å². The van der Waals surface area contributed by atoms with Gasteiger partial charge in [0.2, 0.25) is 0 Å². The second-order valence-corrected chi connectivity index (χ2v) is 4.90. The number of ether oxygens (including phenoxy) is 2. The summed E-state index contributed by atoms with van der Waals surface area (Å²) in [6, 6.07) is 0. The summed E-state index contributed by atoms with van der Waals surface area (Å²) in [5.74, 6) is -1.31. The van der Waals surface area contributed by atoms with Gasteiger partial charge in [-0.1, -0.05) is 45.1 Å². The molecule has 0 aromatic heterocycles. The third-order valence-corrected chi connectivity index (χ3v) is 3.12. The molecule has 5 nitrogen and oxygen atoms in total. The van der Waals surface area contributed by atoms with E-state index in [1.807, 2.05) is 0 Å². The molecule has 0 aromatic rings. The number of hydrogen-bond acceptors (Lipinski definition) is 5. The minimum absolute atomic E-state index is 0. The molecule has 0 aliphatic heterocycles. The molecule has 0 saturated carbocycles. The molecule has 0 rings (SSSR count). The number of esters is 3. The van der Waals surface area contributed by atoms with Crippen LogP contribution in [0.25, 0.3) is 0 Å². The molecule has 6 heteroatoms. The molecule has 0 saturated heterocycles. The minimum Gasteiger partial charge on any atom is -1.00 e. The van der Waals surface area contributed by atoms with Gasteiger partial charge in [0.15, 0.2) is 0 Å². The summed E-state index contributed by atoms with van der Waals surface area (Å²) >= 11 is 0. The molecular formula is C16H28MgO5. The van der Waals surface area contributed by atoms with Crippen molar-refractivity contribution in [1.82, 2.24) is 0 Å². The van der Waals surface area contributed by atoms with E-state index < -0.39 is 11.9 Å². The van der Waals surface area contributed by atoms with Gasteiger partial charge in [-0.25, -0.2) is 4.79 Å². The van der Waals surface area contributed by atoms with Crippen molar-refractivity contribution >= 4 is 41.0 Å². The van der Waals surface area contributed by atoms with Crippen LogP contribution in [-0.4, -0.2) is 48.1 Å². The molecule has 0 aromatic carbocycles. The Kier molecular flexibility index (Phi) is 17.5. The number of hydrogen-bond donors (Lipinski definition) is 0. The first kappa shape index (κ1) is 23.4. The first-order valence-electron chi connectivity index (χ1n) is 7.54. The zero-order valence-corrected chi connectivity index (χ0v) is 15.0. The Morgan fingerprint density at radius 1 is 0.864 bits per heavy atom. The average molecular weight is 325 g/mol. The van der Waals surface area contributed by atoms with E-state index in [0.717, 1.165) is 57.4 Å². The molecular weight excluding hydrogens is 296 g/mol. The van der Waals surface area contributed by atoms with Crippen LogP contribution < -0.4 is 0 Å². The topological polar surface area (TPSA) is 69.7 Å². The van der Waals surface area contributed by atoms with Crippen LogP contribution in [0.1, 0.15) is 67.1 Å². The maximum absolute atomic E-state index is 11.2. The summed E-state index contributed by atoms with van der Waals surface area (Å²) < 4.78 is 9.04. The van der Waals surface area contributed by atoms with Gasteiger partial charge in [-0.05, 0) is 12.8 Å². The second-order valence-electron chi connectivity index (χ2n) is 4.90. The normalized spacial score (nSPS) is 9.50. The van der Waals surface area contributed by atoms with Gasteiger partial charge in [-0.3, -0.25) is 9.59 Å². The fourth-order valence-electron chi connectivity index (χ4n) is 1.91. The molecule has 0 fully saturated rings. The van der Waals surface area contributed by atoms with E-state index in [2.05, 4.69) is 16.1 Å². The van der Waals surface area contributed by atoms with Crippen molar-refractivity contribution in [3.05, 3.63) is 12.7 Å². The Labute approximate surface area is 151 Å². The summed E-state index contributed by atoms with van der Waals surface area (Å²) in [5, 5.41) is 0. The van der Waals surface area contributed by atoms with E-state index >= 15 is 0 Å². The number of rotatable bonds is 12. The Bertz CT molecular complexity index is 351. The molecule has 0 spiro atoms. The van der Waals surface area contributed by atoms with Gasteiger partial charge in [0.05, 0.1) is 7.11 Å². The summed E-state index contributed by atoms with van der Waals surface area (Å²) in [6.07, 6.45) is 9.84. The Balaban J connectivity index is -0.000000667. The zero-order valence-electron chi connectivity index (χ0n) is 15.6. The number of unbranched alkanes of at least 4 members (excludes halogenated alkanes) is 7. The van der Waals surface area contributed by atoms with Crippen LogP contribution in [0.4, 0.5) is 0 Å². The van der Waals surface area contributed by atoms with E-state index in [9.17, 15) is 14.4 Å². The number of methoxy groups -OCH3 is 1. The molecule has 0 N–H and O–H groups in total. The summed E-state index contributed by atoms with van der Waals surface area (Å²) in [7, 11) is 1.41. The van der Waals surface area contributed by atoms with Crippen LogP contribution in [0.5, 0.6) is 0 Å². The first-order valence-corrected chi connectivity index (χ1v) is 7.54. The third kappa shape index (κ3) is 15.5. The maximum atomic E-state index is 11.2. The molecule has 0 atom stereocenters. The second kappa shape index (κ2) is 16.5. The fourth-order valence-corrected chi connectivity index (χ4v) is 1.91. The van der Waals surface area contributed by atoms with Gasteiger partial charge < -0.3 is 12.3 Å². The van der Waals surface area contributed by atoms with Crippen LogP contribution in [0.2, 0.25) is 0 Å². The third-order valence-electron chi connectivity index (χ3n) is 3.12. The van der Waals surface area contributed by atoms with E-state index in [4.69, 9.17) is 0 Å². The molecule has 22 heavy (non-hydrogen) atoms. The van der Waals surface area contributed by atoms with Crippen LogP contribution in [0.15, 0.2) is 12.7 Å². The van der Waals surface area contributed by atoms with Crippen LogP contribution in [0.3, 0.4) is 0 Å². The minimum atomic E-state index is -0.688. The largest absolute Gasteiger partial charge is 2.00 e. The summed E-state index contributed by atoms with van der Waals surface area (Å²) in [6.45, 7) is 3.23. The van der Waals surface area contributed by atoms with Gasteiger partial charge in [0, 0.05) is 18.9 Å². The molecule has 0 aliphatic rings. The molecule has 0 bridgehead atoms. The SMILES string of the molecule is C=CC(=O)OC(=O)CCCCCCCCCCC(=O)OC.[H-].[H-].[Mg+2]. The van der Waals surface area contributed by atoms with E-state index in [-0.39, 0.29) is 38.3 Å². The Morgan fingerprint density at radius 2 is 1.27 bits per heavy atom. The quantitative estimate of drug-likeness (QED) is 0.181. The smallest absolute Gasteiger partial charge is 1.00 e. The van der Waals surface area contributed by atoms with E-state index in [1.54, 1.807) is 0 Å². The maximum Gasteiger partial charge on any atom is 2.00 e. The Hall–Kier alpha value is -0.884.